The minimum absolute atomic E-state index is 0.130. The Bertz CT molecular complexity index is 842. The van der Waals surface area contributed by atoms with Crippen LogP contribution in [0.15, 0.2) is 45.7 Å². The van der Waals surface area contributed by atoms with Crippen LogP contribution in [0.2, 0.25) is 0 Å². The molecule has 20 heavy (non-hydrogen) atoms. The van der Waals surface area contributed by atoms with Gasteiger partial charge in [-0.25, -0.2) is 9.78 Å². The Hall–Kier alpha value is -2.89. The average Bonchev–Trinajstić information content (AvgIpc) is 2.38. The molecule has 0 unspecified atom stereocenters. The molecule has 0 atom stereocenters. The quantitative estimate of drug-likeness (QED) is 0.717. The number of fused-ring (bicyclic) bond motifs is 1. The van der Waals surface area contributed by atoms with Gasteiger partial charge in [-0.3, -0.25) is 0 Å². The normalized spacial score (nSPS) is 10.7. The van der Waals surface area contributed by atoms with E-state index in [1.54, 1.807) is 18.2 Å². The molecule has 2 aromatic heterocycles. The third-order valence-electron chi connectivity index (χ3n) is 2.79. The number of anilines is 1. The molecule has 0 fully saturated rings. The smallest absolute Gasteiger partial charge is 0.336 e. The van der Waals surface area contributed by atoms with Gasteiger partial charge in [0.15, 0.2) is 0 Å². The third kappa shape index (κ3) is 2.31. The summed E-state index contributed by atoms with van der Waals surface area (Å²) in [7, 11) is 0. The zero-order chi connectivity index (χ0) is 14.1. The minimum atomic E-state index is -0.390. The summed E-state index contributed by atoms with van der Waals surface area (Å²) < 4.78 is 10.7. The Kier molecular flexibility index (Phi) is 2.83. The predicted molar refractivity (Wildman–Crippen MR) is 73.7 cm³/mol. The van der Waals surface area contributed by atoms with Gasteiger partial charge in [-0.2, -0.15) is 4.98 Å². The monoisotopic (exact) mass is 269 g/mol. The van der Waals surface area contributed by atoms with E-state index in [4.69, 9.17) is 14.9 Å². The first-order chi connectivity index (χ1) is 9.61. The summed E-state index contributed by atoms with van der Waals surface area (Å²) in [4.78, 5) is 19.1. The second-order valence-corrected chi connectivity index (χ2v) is 4.26. The molecule has 0 aliphatic heterocycles. The molecule has 100 valence electrons. The van der Waals surface area contributed by atoms with Crippen molar-refractivity contribution in [2.75, 3.05) is 5.73 Å². The molecular weight excluding hydrogens is 258 g/mol. The van der Waals surface area contributed by atoms with E-state index in [-0.39, 0.29) is 5.95 Å². The van der Waals surface area contributed by atoms with Crippen LogP contribution in [0.4, 0.5) is 5.95 Å². The highest BCUT2D eigenvalue weighted by Crippen LogP contribution is 2.25. The van der Waals surface area contributed by atoms with Gasteiger partial charge in [0.1, 0.15) is 11.3 Å². The Balaban J connectivity index is 2.03. The minimum Gasteiger partial charge on any atom is -0.439 e. The summed E-state index contributed by atoms with van der Waals surface area (Å²) in [6.07, 6.45) is 1.50. The van der Waals surface area contributed by atoms with Gasteiger partial charge in [-0.05, 0) is 24.6 Å². The number of hydrogen-bond donors (Lipinski definition) is 1. The van der Waals surface area contributed by atoms with Crippen LogP contribution in [0.1, 0.15) is 5.56 Å². The molecule has 2 N–H and O–H groups in total. The van der Waals surface area contributed by atoms with E-state index in [9.17, 15) is 4.79 Å². The second-order valence-electron chi connectivity index (χ2n) is 4.26. The van der Waals surface area contributed by atoms with Crippen LogP contribution in [0, 0.1) is 6.92 Å². The van der Waals surface area contributed by atoms with E-state index in [0.717, 1.165) is 10.9 Å². The fourth-order valence-electron chi connectivity index (χ4n) is 1.90. The lowest BCUT2D eigenvalue weighted by Crippen LogP contribution is -1.98. The zero-order valence-electron chi connectivity index (χ0n) is 10.7. The van der Waals surface area contributed by atoms with Crippen molar-refractivity contribution in [3.8, 4) is 11.6 Å². The van der Waals surface area contributed by atoms with Gasteiger partial charge in [-0.1, -0.05) is 0 Å². The standard InChI is InChI=1S/C14H11N3O3/c1-8-6-13(18)20-11-7-9(2-3-10(8)11)19-12-4-5-16-14(15)17-12/h2-7H,1H3,(H2,15,16,17). The van der Waals surface area contributed by atoms with Gasteiger partial charge in [0, 0.05) is 29.8 Å². The molecule has 0 bridgehead atoms. The van der Waals surface area contributed by atoms with Gasteiger partial charge in [0.2, 0.25) is 11.8 Å². The van der Waals surface area contributed by atoms with Gasteiger partial charge in [0.05, 0.1) is 0 Å². The highest BCUT2D eigenvalue weighted by Gasteiger charge is 2.05. The van der Waals surface area contributed by atoms with Crippen molar-refractivity contribution in [3.63, 3.8) is 0 Å². The Morgan fingerprint density at radius 1 is 1.25 bits per heavy atom. The predicted octanol–water partition coefficient (Wildman–Crippen LogP) is 2.27. The van der Waals surface area contributed by atoms with Gasteiger partial charge in [-0.15, -0.1) is 0 Å². The average molecular weight is 269 g/mol. The summed E-state index contributed by atoms with van der Waals surface area (Å²) in [6.45, 7) is 1.85. The number of nitrogens with zero attached hydrogens (tertiary/aromatic N) is 2. The van der Waals surface area contributed by atoms with E-state index in [1.165, 1.54) is 12.3 Å². The van der Waals surface area contributed by atoms with E-state index < -0.39 is 5.63 Å². The number of aryl methyl sites for hydroxylation is 1. The van der Waals surface area contributed by atoms with E-state index >= 15 is 0 Å². The maximum Gasteiger partial charge on any atom is 0.336 e. The van der Waals surface area contributed by atoms with Crippen LogP contribution in [-0.2, 0) is 0 Å². The second kappa shape index (κ2) is 4.65. The summed E-state index contributed by atoms with van der Waals surface area (Å²) in [5.41, 5.74) is 6.41. The number of benzene rings is 1. The maximum absolute atomic E-state index is 11.4. The molecule has 3 aromatic rings. The van der Waals surface area contributed by atoms with Gasteiger partial charge in [0.25, 0.3) is 0 Å². The topological polar surface area (TPSA) is 91.2 Å². The lowest BCUT2D eigenvalue weighted by Gasteiger charge is -2.06. The fourth-order valence-corrected chi connectivity index (χ4v) is 1.90. The first-order valence-corrected chi connectivity index (χ1v) is 5.93. The number of ether oxygens (including phenoxy) is 1. The first-order valence-electron chi connectivity index (χ1n) is 5.93. The van der Waals surface area contributed by atoms with Crippen LogP contribution in [0.5, 0.6) is 11.6 Å². The lowest BCUT2D eigenvalue weighted by molar-refractivity contribution is 0.461. The summed E-state index contributed by atoms with van der Waals surface area (Å²) in [5, 5.41) is 0.860. The summed E-state index contributed by atoms with van der Waals surface area (Å²) in [6, 6.07) is 8.28. The Labute approximate surface area is 113 Å². The van der Waals surface area contributed by atoms with Crippen LogP contribution >= 0.6 is 0 Å². The molecule has 2 heterocycles. The molecule has 3 rings (SSSR count). The van der Waals surface area contributed by atoms with Crippen LogP contribution in [0.25, 0.3) is 11.0 Å². The van der Waals surface area contributed by atoms with E-state index in [0.29, 0.717) is 17.2 Å². The van der Waals surface area contributed by atoms with Crippen molar-refractivity contribution in [1.82, 2.24) is 9.97 Å². The summed E-state index contributed by atoms with van der Waals surface area (Å²) >= 11 is 0. The largest absolute Gasteiger partial charge is 0.439 e. The Morgan fingerprint density at radius 2 is 2.10 bits per heavy atom. The highest BCUT2D eigenvalue weighted by atomic mass is 16.5. The molecule has 0 saturated carbocycles. The molecule has 0 radical (unpaired) electrons. The number of nitrogen functional groups attached to an aromatic ring is 1. The van der Waals surface area contributed by atoms with Crippen LogP contribution in [-0.4, -0.2) is 9.97 Å². The first kappa shape index (κ1) is 12.2. The SMILES string of the molecule is Cc1cc(=O)oc2cc(Oc3ccnc(N)n3)ccc12. The molecule has 6 heteroatoms. The van der Waals surface area contributed by atoms with Crippen LogP contribution in [0.3, 0.4) is 0 Å². The summed E-state index contributed by atoms with van der Waals surface area (Å²) in [5.74, 6) is 0.960. The fraction of sp³-hybridized carbons (Fsp3) is 0.0714. The molecule has 0 spiro atoms. The number of rotatable bonds is 2. The van der Waals surface area contributed by atoms with Crippen LogP contribution < -0.4 is 16.1 Å². The molecule has 1 aromatic carbocycles. The Morgan fingerprint density at radius 3 is 2.90 bits per heavy atom. The van der Waals surface area contributed by atoms with Crippen molar-refractivity contribution in [1.29, 1.82) is 0 Å². The highest BCUT2D eigenvalue weighted by molar-refractivity contribution is 5.81. The third-order valence-corrected chi connectivity index (χ3v) is 2.79. The van der Waals surface area contributed by atoms with Crippen molar-refractivity contribution < 1.29 is 9.15 Å². The van der Waals surface area contributed by atoms with Crippen molar-refractivity contribution in [2.45, 2.75) is 6.92 Å². The number of aromatic nitrogens is 2. The van der Waals surface area contributed by atoms with Crippen molar-refractivity contribution >= 4 is 16.9 Å². The van der Waals surface area contributed by atoms with Crippen molar-refractivity contribution in [3.05, 3.63) is 52.5 Å². The van der Waals surface area contributed by atoms with Crippen molar-refractivity contribution in [2.24, 2.45) is 0 Å². The number of hydrogen-bond acceptors (Lipinski definition) is 6. The zero-order valence-corrected chi connectivity index (χ0v) is 10.7. The molecule has 0 aliphatic rings. The maximum atomic E-state index is 11.4. The van der Waals surface area contributed by atoms with Gasteiger partial charge >= 0.3 is 5.63 Å². The molecular formula is C14H11N3O3. The molecule has 0 aliphatic carbocycles. The van der Waals surface area contributed by atoms with E-state index in [2.05, 4.69) is 9.97 Å². The van der Waals surface area contributed by atoms with Gasteiger partial charge < -0.3 is 14.9 Å². The molecule has 6 nitrogen and oxygen atoms in total. The lowest BCUT2D eigenvalue weighted by atomic mass is 10.1. The molecule has 0 amide bonds. The van der Waals surface area contributed by atoms with E-state index in [1.807, 2.05) is 13.0 Å². The number of nitrogens with two attached hydrogens (primary N) is 1. The molecule has 0 saturated heterocycles.